The first-order chi connectivity index (χ1) is 10.1. The van der Waals surface area contributed by atoms with Crippen LogP contribution in [-0.2, 0) is 5.60 Å². The van der Waals surface area contributed by atoms with E-state index in [1.807, 2.05) is 0 Å². The Hall–Kier alpha value is -2.25. The van der Waals surface area contributed by atoms with Crippen molar-refractivity contribution in [3.63, 3.8) is 0 Å². The highest BCUT2D eigenvalue weighted by Gasteiger charge is 2.27. The second-order valence-electron chi connectivity index (χ2n) is 4.90. The van der Waals surface area contributed by atoms with Crippen LogP contribution in [-0.4, -0.2) is 26.3 Å². The first-order valence-corrected chi connectivity index (χ1v) is 7.06. The Morgan fingerprint density at radius 1 is 1.38 bits per heavy atom. The molecule has 0 spiro atoms. The highest BCUT2D eigenvalue weighted by atomic mass is 32.1. The number of amides is 1. The number of aliphatic hydroxyl groups is 1. The summed E-state index contributed by atoms with van der Waals surface area (Å²) in [6.07, 6.45) is 1.48. The molecule has 1 unspecified atom stereocenters. The molecular weight excluding hydrogens is 290 g/mol. The first kappa shape index (κ1) is 13.7. The van der Waals surface area contributed by atoms with E-state index in [-0.39, 0.29) is 12.5 Å². The SMILES string of the molecule is CC(O)(CNC(=O)c1ccc2nsnc2c1)c1ccco1. The van der Waals surface area contributed by atoms with Gasteiger partial charge in [-0.05, 0) is 37.3 Å². The molecule has 0 aliphatic carbocycles. The number of furan rings is 1. The molecule has 6 nitrogen and oxygen atoms in total. The van der Waals surface area contributed by atoms with E-state index in [4.69, 9.17) is 4.42 Å². The average molecular weight is 303 g/mol. The van der Waals surface area contributed by atoms with E-state index < -0.39 is 5.60 Å². The van der Waals surface area contributed by atoms with Gasteiger partial charge in [-0.15, -0.1) is 0 Å². The molecular formula is C14H13N3O3S. The maximum atomic E-state index is 12.1. The van der Waals surface area contributed by atoms with Gasteiger partial charge in [-0.3, -0.25) is 4.79 Å². The molecule has 1 atom stereocenters. The zero-order valence-corrected chi connectivity index (χ0v) is 12.1. The third kappa shape index (κ3) is 2.79. The Morgan fingerprint density at radius 3 is 2.95 bits per heavy atom. The third-order valence-electron chi connectivity index (χ3n) is 3.16. The summed E-state index contributed by atoms with van der Waals surface area (Å²) in [5, 5.41) is 13.0. The molecule has 0 bridgehead atoms. The van der Waals surface area contributed by atoms with Gasteiger partial charge in [-0.1, -0.05) is 0 Å². The number of nitrogens with one attached hydrogen (secondary N) is 1. The lowest BCUT2D eigenvalue weighted by Gasteiger charge is -2.21. The summed E-state index contributed by atoms with van der Waals surface area (Å²) in [5.41, 5.74) is 0.667. The van der Waals surface area contributed by atoms with Crippen molar-refractivity contribution in [1.29, 1.82) is 0 Å². The fourth-order valence-corrected chi connectivity index (χ4v) is 2.47. The van der Waals surface area contributed by atoms with Gasteiger partial charge in [0.1, 0.15) is 22.4 Å². The minimum Gasteiger partial charge on any atom is -0.466 e. The van der Waals surface area contributed by atoms with Gasteiger partial charge in [0, 0.05) is 5.56 Å². The smallest absolute Gasteiger partial charge is 0.251 e. The molecule has 2 heterocycles. The second kappa shape index (κ2) is 5.27. The molecule has 0 saturated carbocycles. The summed E-state index contributed by atoms with van der Waals surface area (Å²) >= 11 is 1.11. The molecule has 1 aromatic carbocycles. The molecule has 0 aliphatic heterocycles. The van der Waals surface area contributed by atoms with E-state index in [1.165, 1.54) is 6.26 Å². The van der Waals surface area contributed by atoms with E-state index in [9.17, 15) is 9.90 Å². The van der Waals surface area contributed by atoms with E-state index in [2.05, 4.69) is 14.1 Å². The zero-order valence-electron chi connectivity index (χ0n) is 11.2. The van der Waals surface area contributed by atoms with Crippen LogP contribution >= 0.6 is 11.7 Å². The third-order valence-corrected chi connectivity index (χ3v) is 3.72. The van der Waals surface area contributed by atoms with Crippen molar-refractivity contribution in [2.75, 3.05) is 6.54 Å². The quantitative estimate of drug-likeness (QED) is 0.769. The summed E-state index contributed by atoms with van der Waals surface area (Å²) in [5.74, 6) is 0.124. The van der Waals surface area contributed by atoms with Gasteiger partial charge in [0.05, 0.1) is 24.5 Å². The number of fused-ring (bicyclic) bond motifs is 1. The minimum absolute atomic E-state index is 0.0483. The molecule has 3 aromatic rings. The predicted octanol–water partition coefficient (Wildman–Crippen LogP) is 1.92. The number of carbonyl (C=O) groups excluding carboxylic acids is 1. The van der Waals surface area contributed by atoms with E-state index in [0.717, 1.165) is 17.2 Å². The molecule has 2 N–H and O–H groups in total. The monoisotopic (exact) mass is 303 g/mol. The summed E-state index contributed by atoms with van der Waals surface area (Å²) in [6.45, 7) is 1.63. The number of carbonyl (C=O) groups is 1. The summed E-state index contributed by atoms with van der Waals surface area (Å²) < 4.78 is 13.3. The summed E-state index contributed by atoms with van der Waals surface area (Å²) in [7, 11) is 0. The van der Waals surface area contributed by atoms with E-state index >= 15 is 0 Å². The number of aromatic nitrogens is 2. The van der Waals surface area contributed by atoms with Crippen LogP contribution in [0.1, 0.15) is 23.0 Å². The van der Waals surface area contributed by atoms with Crippen molar-refractivity contribution in [1.82, 2.24) is 14.1 Å². The predicted molar refractivity (Wildman–Crippen MR) is 78.0 cm³/mol. The maximum absolute atomic E-state index is 12.1. The molecule has 2 aromatic heterocycles. The first-order valence-electron chi connectivity index (χ1n) is 6.33. The van der Waals surface area contributed by atoms with Crippen LogP contribution in [0.25, 0.3) is 11.0 Å². The minimum atomic E-state index is -1.26. The Balaban J connectivity index is 1.71. The largest absolute Gasteiger partial charge is 0.466 e. The topological polar surface area (TPSA) is 88.2 Å². The lowest BCUT2D eigenvalue weighted by atomic mass is 10.0. The lowest BCUT2D eigenvalue weighted by molar-refractivity contribution is 0.0330. The molecule has 7 heteroatoms. The van der Waals surface area contributed by atoms with Crippen LogP contribution in [0.4, 0.5) is 0 Å². The van der Waals surface area contributed by atoms with Crippen molar-refractivity contribution in [2.45, 2.75) is 12.5 Å². The van der Waals surface area contributed by atoms with E-state index in [0.29, 0.717) is 16.8 Å². The molecule has 0 radical (unpaired) electrons. The summed E-state index contributed by atoms with van der Waals surface area (Å²) in [6, 6.07) is 8.46. The fourth-order valence-electron chi connectivity index (χ4n) is 1.95. The van der Waals surface area contributed by atoms with Crippen LogP contribution in [0, 0.1) is 0 Å². The Bertz CT molecular complexity index is 765. The second-order valence-corrected chi connectivity index (χ2v) is 5.43. The lowest BCUT2D eigenvalue weighted by Crippen LogP contribution is -2.38. The number of hydrogen-bond donors (Lipinski definition) is 2. The Morgan fingerprint density at radius 2 is 2.19 bits per heavy atom. The fraction of sp³-hybridized carbons (Fsp3) is 0.214. The van der Waals surface area contributed by atoms with Crippen molar-refractivity contribution in [3.05, 3.63) is 47.9 Å². The van der Waals surface area contributed by atoms with Crippen molar-refractivity contribution in [2.24, 2.45) is 0 Å². The van der Waals surface area contributed by atoms with Crippen molar-refractivity contribution in [3.8, 4) is 0 Å². The zero-order chi connectivity index (χ0) is 14.9. The molecule has 0 fully saturated rings. The molecule has 108 valence electrons. The van der Waals surface area contributed by atoms with Crippen molar-refractivity contribution >= 4 is 28.7 Å². The molecule has 1 amide bonds. The number of benzene rings is 1. The van der Waals surface area contributed by atoms with Crippen LogP contribution in [0.3, 0.4) is 0 Å². The van der Waals surface area contributed by atoms with Gasteiger partial charge in [0.15, 0.2) is 0 Å². The highest BCUT2D eigenvalue weighted by Crippen LogP contribution is 2.20. The number of hydrogen-bond acceptors (Lipinski definition) is 6. The highest BCUT2D eigenvalue weighted by molar-refractivity contribution is 7.00. The van der Waals surface area contributed by atoms with Crippen LogP contribution in [0.5, 0.6) is 0 Å². The normalized spacial score (nSPS) is 14.0. The van der Waals surface area contributed by atoms with Crippen LogP contribution in [0.15, 0.2) is 41.0 Å². The summed E-state index contributed by atoms with van der Waals surface area (Å²) in [4.78, 5) is 12.1. The number of rotatable bonds is 4. The standard InChI is InChI=1S/C14H13N3O3S/c1-14(19,12-3-2-6-20-12)8-15-13(18)9-4-5-10-11(7-9)17-21-16-10/h2-7,19H,8H2,1H3,(H,15,18). The van der Waals surface area contributed by atoms with Gasteiger partial charge >= 0.3 is 0 Å². The Labute approximate surface area is 124 Å². The molecule has 21 heavy (non-hydrogen) atoms. The molecule has 0 aliphatic rings. The van der Waals surface area contributed by atoms with Gasteiger partial charge in [-0.2, -0.15) is 8.75 Å². The maximum Gasteiger partial charge on any atom is 0.251 e. The average Bonchev–Trinajstić information content (AvgIpc) is 3.14. The molecule has 0 saturated heterocycles. The van der Waals surface area contributed by atoms with Crippen LogP contribution < -0.4 is 5.32 Å². The Kier molecular flexibility index (Phi) is 3.44. The van der Waals surface area contributed by atoms with Gasteiger partial charge in [0.2, 0.25) is 0 Å². The van der Waals surface area contributed by atoms with Crippen LogP contribution in [0.2, 0.25) is 0 Å². The molecule has 3 rings (SSSR count). The van der Waals surface area contributed by atoms with Gasteiger partial charge in [-0.25, -0.2) is 0 Å². The number of nitrogens with zero attached hydrogens (tertiary/aromatic N) is 2. The van der Waals surface area contributed by atoms with Gasteiger partial charge < -0.3 is 14.8 Å². The van der Waals surface area contributed by atoms with Crippen molar-refractivity contribution < 1.29 is 14.3 Å². The van der Waals surface area contributed by atoms with E-state index in [1.54, 1.807) is 37.3 Å². The van der Waals surface area contributed by atoms with Gasteiger partial charge in [0.25, 0.3) is 5.91 Å².